The summed E-state index contributed by atoms with van der Waals surface area (Å²) in [7, 11) is 5.74. The number of aryl methyl sites for hydroxylation is 2. The lowest BCUT2D eigenvalue weighted by molar-refractivity contribution is 0.302. The summed E-state index contributed by atoms with van der Waals surface area (Å²) in [5, 5.41) is 8.15. The zero-order valence-corrected chi connectivity index (χ0v) is 21.3. The van der Waals surface area contributed by atoms with Crippen LogP contribution in [0.2, 0.25) is 0 Å². The SMILES string of the molecule is C#Cc1cc(=O)n(C)c2nc(Nc3ccc(N4CCN(C)CC4)c(OCCc4ccnn4C)c3)ncc12. The number of hydrogen-bond acceptors (Lipinski definition) is 8. The molecule has 3 aromatic heterocycles. The average molecular weight is 499 g/mol. The Bertz CT molecular complexity index is 1530. The first-order chi connectivity index (χ1) is 17.9. The van der Waals surface area contributed by atoms with Crippen molar-refractivity contribution in [2.45, 2.75) is 6.42 Å². The fraction of sp³-hybridized carbons (Fsp3) is 0.333. The zero-order valence-electron chi connectivity index (χ0n) is 21.3. The monoisotopic (exact) mass is 498 g/mol. The van der Waals surface area contributed by atoms with Crippen molar-refractivity contribution in [1.82, 2.24) is 29.2 Å². The summed E-state index contributed by atoms with van der Waals surface area (Å²) >= 11 is 0. The Morgan fingerprint density at radius 1 is 1.11 bits per heavy atom. The molecule has 37 heavy (non-hydrogen) atoms. The number of aromatic nitrogens is 5. The molecule has 0 atom stereocenters. The van der Waals surface area contributed by atoms with Gasteiger partial charge in [-0.05, 0) is 25.2 Å². The molecule has 1 aromatic carbocycles. The Balaban J connectivity index is 1.42. The summed E-state index contributed by atoms with van der Waals surface area (Å²) in [5.41, 5.74) is 3.68. The molecule has 0 amide bonds. The molecular weight excluding hydrogens is 468 g/mol. The number of anilines is 3. The molecule has 0 saturated carbocycles. The third-order valence-electron chi connectivity index (χ3n) is 6.73. The zero-order chi connectivity index (χ0) is 25.9. The minimum Gasteiger partial charge on any atom is -0.491 e. The van der Waals surface area contributed by atoms with Crippen molar-refractivity contribution >= 4 is 28.4 Å². The molecule has 0 bridgehead atoms. The van der Waals surface area contributed by atoms with Gasteiger partial charge < -0.3 is 19.9 Å². The van der Waals surface area contributed by atoms with Gasteiger partial charge in [-0.3, -0.25) is 14.0 Å². The van der Waals surface area contributed by atoms with E-state index in [-0.39, 0.29) is 5.56 Å². The molecule has 0 aliphatic carbocycles. The predicted octanol–water partition coefficient (Wildman–Crippen LogP) is 2.16. The Labute approximate surface area is 215 Å². The van der Waals surface area contributed by atoms with Crippen LogP contribution in [0, 0.1) is 12.3 Å². The van der Waals surface area contributed by atoms with Crippen LogP contribution in [0.1, 0.15) is 11.3 Å². The lowest BCUT2D eigenvalue weighted by Gasteiger charge is -2.35. The quantitative estimate of drug-likeness (QED) is 0.388. The van der Waals surface area contributed by atoms with Crippen molar-refractivity contribution in [2.24, 2.45) is 14.1 Å². The first-order valence-electron chi connectivity index (χ1n) is 12.2. The molecule has 0 spiro atoms. The van der Waals surface area contributed by atoms with E-state index >= 15 is 0 Å². The van der Waals surface area contributed by atoms with Crippen molar-refractivity contribution < 1.29 is 4.74 Å². The van der Waals surface area contributed by atoms with Gasteiger partial charge in [-0.1, -0.05) is 5.92 Å². The average Bonchev–Trinajstić information content (AvgIpc) is 3.31. The molecule has 1 saturated heterocycles. The number of nitrogens with zero attached hydrogens (tertiary/aromatic N) is 7. The first-order valence-corrected chi connectivity index (χ1v) is 12.2. The number of likely N-dealkylation sites (N-methyl/N-ethyl adjacent to an activating group) is 1. The van der Waals surface area contributed by atoms with Gasteiger partial charge >= 0.3 is 0 Å². The van der Waals surface area contributed by atoms with Crippen molar-refractivity contribution in [3.05, 3.63) is 64.3 Å². The lowest BCUT2D eigenvalue weighted by atomic mass is 10.2. The number of rotatable bonds is 7. The third-order valence-corrected chi connectivity index (χ3v) is 6.73. The summed E-state index contributed by atoms with van der Waals surface area (Å²) in [5.74, 6) is 3.70. The van der Waals surface area contributed by atoms with Gasteiger partial charge in [0.1, 0.15) is 11.4 Å². The van der Waals surface area contributed by atoms with Crippen LogP contribution in [0.4, 0.5) is 17.3 Å². The van der Waals surface area contributed by atoms with Gasteiger partial charge in [0.05, 0.1) is 17.7 Å². The topological polar surface area (TPSA) is 93.3 Å². The highest BCUT2D eigenvalue weighted by Crippen LogP contribution is 2.33. The maximum atomic E-state index is 12.3. The van der Waals surface area contributed by atoms with Crippen LogP contribution in [0.15, 0.2) is 47.5 Å². The van der Waals surface area contributed by atoms with Crippen LogP contribution in [-0.4, -0.2) is 69.0 Å². The predicted molar refractivity (Wildman–Crippen MR) is 145 cm³/mol. The van der Waals surface area contributed by atoms with Crippen LogP contribution >= 0.6 is 0 Å². The molecule has 0 radical (unpaired) electrons. The number of fused-ring (bicyclic) bond motifs is 1. The molecule has 1 N–H and O–H groups in total. The van der Waals surface area contributed by atoms with Crippen molar-refractivity contribution in [1.29, 1.82) is 0 Å². The Hall–Kier alpha value is -4.36. The van der Waals surface area contributed by atoms with E-state index in [9.17, 15) is 4.79 Å². The molecule has 4 heterocycles. The summed E-state index contributed by atoms with van der Waals surface area (Å²) < 4.78 is 9.64. The van der Waals surface area contributed by atoms with Crippen LogP contribution in [0.3, 0.4) is 0 Å². The number of pyridine rings is 1. The summed E-state index contributed by atoms with van der Waals surface area (Å²) in [6, 6.07) is 9.46. The third kappa shape index (κ3) is 5.13. The molecule has 10 nitrogen and oxygen atoms in total. The molecule has 1 aliphatic heterocycles. The highest BCUT2D eigenvalue weighted by molar-refractivity contribution is 5.82. The van der Waals surface area contributed by atoms with Gasteiger partial charge in [0.25, 0.3) is 5.56 Å². The van der Waals surface area contributed by atoms with Gasteiger partial charge in [-0.2, -0.15) is 10.1 Å². The highest BCUT2D eigenvalue weighted by atomic mass is 16.5. The smallest absolute Gasteiger partial charge is 0.253 e. The van der Waals surface area contributed by atoms with Crippen molar-refractivity contribution in [3.8, 4) is 18.1 Å². The number of ether oxygens (including phenoxy) is 1. The van der Waals surface area contributed by atoms with Gasteiger partial charge in [-0.25, -0.2) is 4.98 Å². The summed E-state index contributed by atoms with van der Waals surface area (Å²) in [6.07, 6.45) is 9.76. The molecule has 190 valence electrons. The van der Waals surface area contributed by atoms with Crippen LogP contribution in [-0.2, 0) is 20.5 Å². The van der Waals surface area contributed by atoms with Gasteiger partial charge in [-0.15, -0.1) is 6.42 Å². The van der Waals surface area contributed by atoms with Crippen LogP contribution < -0.4 is 20.5 Å². The van der Waals surface area contributed by atoms with E-state index in [4.69, 9.17) is 11.2 Å². The molecule has 1 aliphatic rings. The number of piperazine rings is 1. The van der Waals surface area contributed by atoms with Gasteiger partial charge in [0, 0.05) is 88.2 Å². The molecule has 4 aromatic rings. The van der Waals surface area contributed by atoms with Crippen molar-refractivity contribution in [2.75, 3.05) is 50.1 Å². The minimum atomic E-state index is -0.217. The fourth-order valence-corrected chi connectivity index (χ4v) is 4.46. The second-order valence-corrected chi connectivity index (χ2v) is 9.17. The van der Waals surface area contributed by atoms with Crippen LogP contribution in [0.25, 0.3) is 11.0 Å². The van der Waals surface area contributed by atoms with E-state index in [1.165, 1.54) is 10.6 Å². The van der Waals surface area contributed by atoms with E-state index < -0.39 is 0 Å². The minimum absolute atomic E-state index is 0.217. The fourth-order valence-electron chi connectivity index (χ4n) is 4.46. The number of terminal acetylenes is 1. The lowest BCUT2D eigenvalue weighted by Crippen LogP contribution is -2.44. The largest absolute Gasteiger partial charge is 0.491 e. The number of benzene rings is 1. The van der Waals surface area contributed by atoms with E-state index in [0.29, 0.717) is 29.2 Å². The normalized spacial score (nSPS) is 14.1. The first kappa shape index (κ1) is 24.3. The van der Waals surface area contributed by atoms with E-state index in [1.807, 2.05) is 29.9 Å². The summed E-state index contributed by atoms with van der Waals surface area (Å²) in [4.78, 5) is 26.0. The van der Waals surface area contributed by atoms with E-state index in [0.717, 1.165) is 55.4 Å². The Morgan fingerprint density at radius 2 is 1.92 bits per heavy atom. The number of nitrogens with one attached hydrogen (secondary N) is 1. The van der Waals surface area contributed by atoms with E-state index in [2.05, 4.69) is 49.2 Å². The van der Waals surface area contributed by atoms with Crippen molar-refractivity contribution in [3.63, 3.8) is 0 Å². The molecule has 0 unspecified atom stereocenters. The van der Waals surface area contributed by atoms with Gasteiger partial charge in [0.15, 0.2) is 0 Å². The van der Waals surface area contributed by atoms with Crippen LogP contribution in [0.5, 0.6) is 5.75 Å². The maximum Gasteiger partial charge on any atom is 0.253 e. The molecular formula is C27H30N8O2. The maximum absolute atomic E-state index is 12.3. The molecule has 10 heteroatoms. The van der Waals surface area contributed by atoms with E-state index in [1.54, 1.807) is 19.4 Å². The Morgan fingerprint density at radius 3 is 2.65 bits per heavy atom. The second-order valence-electron chi connectivity index (χ2n) is 9.17. The number of hydrogen-bond donors (Lipinski definition) is 1. The Kier molecular flexibility index (Phi) is 6.79. The van der Waals surface area contributed by atoms with Gasteiger partial charge in [0.2, 0.25) is 5.95 Å². The standard InChI is InChI=1S/C27H30N8O2/c1-5-19-16-25(36)33(3)26-22(19)18-28-27(31-26)30-20-6-7-23(35-13-11-32(2)12-14-35)24(17-20)37-15-9-21-8-10-29-34(21)4/h1,6-8,10,16-18H,9,11-15H2,2-4H3,(H,28,30,31). The molecule has 5 rings (SSSR count). The second kappa shape index (κ2) is 10.3. The molecule has 1 fully saturated rings. The highest BCUT2D eigenvalue weighted by Gasteiger charge is 2.19. The summed E-state index contributed by atoms with van der Waals surface area (Å²) in [6.45, 7) is 4.38.